The Morgan fingerprint density at radius 1 is 1.47 bits per heavy atom. The molecule has 0 aromatic carbocycles. The van der Waals surface area contributed by atoms with E-state index in [4.69, 9.17) is 5.73 Å². The highest BCUT2D eigenvalue weighted by Crippen LogP contribution is 2.07. The number of hydrogen-bond donors (Lipinski definition) is 1. The molecule has 2 N–H and O–H groups in total. The summed E-state index contributed by atoms with van der Waals surface area (Å²) in [5.74, 6) is 1.33. The largest absolute Gasteiger partial charge is 0.384 e. The molecule has 0 aliphatic rings. The van der Waals surface area contributed by atoms with E-state index in [0.29, 0.717) is 5.82 Å². The third kappa shape index (κ3) is 4.30. The molecule has 0 bridgehead atoms. The maximum absolute atomic E-state index is 5.63. The number of rotatable bonds is 5. The van der Waals surface area contributed by atoms with Crippen LogP contribution in [0.1, 0.15) is 26.0 Å². The Morgan fingerprint density at radius 2 is 2.20 bits per heavy atom. The van der Waals surface area contributed by atoms with Crippen LogP contribution in [0.15, 0.2) is 18.2 Å². The molecule has 0 fully saturated rings. The van der Waals surface area contributed by atoms with Crippen LogP contribution in [-0.4, -0.2) is 23.5 Å². The van der Waals surface area contributed by atoms with Crippen LogP contribution in [-0.2, 0) is 6.54 Å². The van der Waals surface area contributed by atoms with Gasteiger partial charge in [0.15, 0.2) is 0 Å². The van der Waals surface area contributed by atoms with E-state index in [1.165, 1.54) is 6.42 Å². The van der Waals surface area contributed by atoms with Crippen LogP contribution in [0, 0.1) is 5.92 Å². The Morgan fingerprint density at radius 3 is 2.80 bits per heavy atom. The summed E-state index contributed by atoms with van der Waals surface area (Å²) in [6, 6.07) is 5.79. The van der Waals surface area contributed by atoms with E-state index >= 15 is 0 Å². The average Bonchev–Trinajstić information content (AvgIpc) is 2.17. The molecule has 1 aromatic rings. The Balaban J connectivity index is 2.47. The highest BCUT2D eigenvalue weighted by molar-refractivity contribution is 5.28. The summed E-state index contributed by atoms with van der Waals surface area (Å²) in [4.78, 5) is 6.57. The molecule has 0 amide bonds. The van der Waals surface area contributed by atoms with Gasteiger partial charge in [0.1, 0.15) is 5.82 Å². The van der Waals surface area contributed by atoms with Crippen molar-refractivity contribution in [2.24, 2.45) is 5.92 Å². The van der Waals surface area contributed by atoms with Crippen molar-refractivity contribution in [3.05, 3.63) is 23.9 Å². The van der Waals surface area contributed by atoms with Crippen molar-refractivity contribution >= 4 is 5.82 Å². The molecule has 3 nitrogen and oxygen atoms in total. The molecule has 1 aromatic heterocycles. The Bertz CT molecular complexity index is 299. The summed E-state index contributed by atoms with van der Waals surface area (Å²) in [5, 5.41) is 0. The van der Waals surface area contributed by atoms with Crippen molar-refractivity contribution in [2.45, 2.75) is 26.8 Å². The van der Waals surface area contributed by atoms with Crippen LogP contribution >= 0.6 is 0 Å². The Hall–Kier alpha value is -1.09. The average molecular weight is 207 g/mol. The van der Waals surface area contributed by atoms with Gasteiger partial charge in [0.2, 0.25) is 0 Å². The first-order valence-electron chi connectivity index (χ1n) is 5.51. The zero-order chi connectivity index (χ0) is 11.3. The summed E-state index contributed by atoms with van der Waals surface area (Å²) >= 11 is 0. The van der Waals surface area contributed by atoms with Crippen LogP contribution in [0.4, 0.5) is 5.82 Å². The van der Waals surface area contributed by atoms with Crippen molar-refractivity contribution in [2.75, 3.05) is 19.3 Å². The van der Waals surface area contributed by atoms with Gasteiger partial charge in [-0.15, -0.1) is 0 Å². The fourth-order valence-corrected chi connectivity index (χ4v) is 1.59. The quantitative estimate of drug-likeness (QED) is 0.804. The highest BCUT2D eigenvalue weighted by Gasteiger charge is 2.05. The first-order valence-corrected chi connectivity index (χ1v) is 5.51. The topological polar surface area (TPSA) is 42.1 Å². The number of anilines is 1. The Labute approximate surface area is 92.3 Å². The second-order valence-electron chi connectivity index (χ2n) is 4.26. The summed E-state index contributed by atoms with van der Waals surface area (Å²) in [6.07, 6.45) is 1.22. The minimum Gasteiger partial charge on any atom is -0.384 e. The molecular formula is C12H21N3. The van der Waals surface area contributed by atoms with E-state index in [1.54, 1.807) is 0 Å². The molecule has 3 heteroatoms. The van der Waals surface area contributed by atoms with Crippen molar-refractivity contribution in [3.8, 4) is 0 Å². The van der Waals surface area contributed by atoms with Gasteiger partial charge in [-0.25, -0.2) is 4.98 Å². The van der Waals surface area contributed by atoms with E-state index in [0.717, 1.165) is 24.7 Å². The SMILES string of the molecule is CCC(C)CN(C)Cc1cccc(N)n1. The van der Waals surface area contributed by atoms with Gasteiger partial charge in [0, 0.05) is 13.1 Å². The van der Waals surface area contributed by atoms with Crippen molar-refractivity contribution in [1.29, 1.82) is 0 Å². The van der Waals surface area contributed by atoms with E-state index in [9.17, 15) is 0 Å². The smallest absolute Gasteiger partial charge is 0.123 e. The maximum Gasteiger partial charge on any atom is 0.123 e. The minimum atomic E-state index is 0.601. The molecule has 0 spiro atoms. The first kappa shape index (κ1) is 12.0. The Kier molecular flexibility index (Phi) is 4.56. The zero-order valence-corrected chi connectivity index (χ0v) is 9.90. The summed E-state index contributed by atoms with van der Waals surface area (Å²) in [6.45, 7) is 6.46. The molecule has 0 saturated carbocycles. The number of pyridine rings is 1. The molecule has 0 aliphatic heterocycles. The van der Waals surface area contributed by atoms with Crippen molar-refractivity contribution < 1.29 is 0 Å². The van der Waals surface area contributed by atoms with Gasteiger partial charge in [-0.05, 0) is 25.1 Å². The number of hydrogen-bond acceptors (Lipinski definition) is 3. The van der Waals surface area contributed by atoms with Gasteiger partial charge in [-0.3, -0.25) is 0 Å². The fraction of sp³-hybridized carbons (Fsp3) is 0.583. The lowest BCUT2D eigenvalue weighted by molar-refractivity contribution is 0.272. The van der Waals surface area contributed by atoms with Crippen molar-refractivity contribution in [3.63, 3.8) is 0 Å². The van der Waals surface area contributed by atoms with Gasteiger partial charge in [-0.2, -0.15) is 0 Å². The fourth-order valence-electron chi connectivity index (χ4n) is 1.59. The van der Waals surface area contributed by atoms with Crippen LogP contribution in [0.25, 0.3) is 0 Å². The molecule has 15 heavy (non-hydrogen) atoms. The third-order valence-electron chi connectivity index (χ3n) is 2.58. The normalized spacial score (nSPS) is 13.1. The standard InChI is InChI=1S/C12H21N3/c1-4-10(2)8-15(3)9-11-6-5-7-12(13)14-11/h5-7,10H,4,8-9H2,1-3H3,(H2,13,14). The van der Waals surface area contributed by atoms with E-state index < -0.39 is 0 Å². The molecule has 1 atom stereocenters. The predicted molar refractivity (Wildman–Crippen MR) is 64.4 cm³/mol. The van der Waals surface area contributed by atoms with E-state index in [-0.39, 0.29) is 0 Å². The van der Waals surface area contributed by atoms with Gasteiger partial charge in [0.05, 0.1) is 5.69 Å². The molecule has 1 unspecified atom stereocenters. The monoisotopic (exact) mass is 207 g/mol. The summed E-state index contributed by atoms with van der Waals surface area (Å²) < 4.78 is 0. The number of nitrogens with zero attached hydrogens (tertiary/aromatic N) is 2. The van der Waals surface area contributed by atoms with E-state index in [1.807, 2.05) is 18.2 Å². The van der Waals surface area contributed by atoms with Crippen LogP contribution in [0.3, 0.4) is 0 Å². The van der Waals surface area contributed by atoms with Crippen LogP contribution in [0.5, 0.6) is 0 Å². The predicted octanol–water partition coefficient (Wildman–Crippen LogP) is 2.14. The number of nitrogen functional groups attached to an aromatic ring is 1. The van der Waals surface area contributed by atoms with Gasteiger partial charge < -0.3 is 10.6 Å². The molecule has 0 radical (unpaired) electrons. The first-order chi connectivity index (χ1) is 7.11. The molecule has 0 aliphatic carbocycles. The molecule has 1 heterocycles. The lowest BCUT2D eigenvalue weighted by Gasteiger charge is -2.19. The number of nitrogens with two attached hydrogens (primary N) is 1. The lowest BCUT2D eigenvalue weighted by Crippen LogP contribution is -2.24. The zero-order valence-electron chi connectivity index (χ0n) is 9.90. The maximum atomic E-state index is 5.63. The second-order valence-corrected chi connectivity index (χ2v) is 4.26. The second kappa shape index (κ2) is 5.71. The van der Waals surface area contributed by atoms with Gasteiger partial charge in [-0.1, -0.05) is 26.3 Å². The molecule has 0 saturated heterocycles. The van der Waals surface area contributed by atoms with Gasteiger partial charge >= 0.3 is 0 Å². The highest BCUT2D eigenvalue weighted by atomic mass is 15.1. The van der Waals surface area contributed by atoms with E-state index in [2.05, 4.69) is 30.8 Å². The summed E-state index contributed by atoms with van der Waals surface area (Å²) in [7, 11) is 2.12. The molecule has 84 valence electrons. The third-order valence-corrected chi connectivity index (χ3v) is 2.58. The molecule has 1 rings (SSSR count). The minimum absolute atomic E-state index is 0.601. The van der Waals surface area contributed by atoms with Crippen LogP contribution in [0.2, 0.25) is 0 Å². The lowest BCUT2D eigenvalue weighted by atomic mass is 10.1. The van der Waals surface area contributed by atoms with Crippen molar-refractivity contribution in [1.82, 2.24) is 9.88 Å². The van der Waals surface area contributed by atoms with Crippen LogP contribution < -0.4 is 5.73 Å². The summed E-state index contributed by atoms with van der Waals surface area (Å²) in [5.41, 5.74) is 6.67. The number of aromatic nitrogens is 1. The molecular weight excluding hydrogens is 186 g/mol. The van der Waals surface area contributed by atoms with Gasteiger partial charge in [0.25, 0.3) is 0 Å².